The average Bonchev–Trinajstić information content (AvgIpc) is 2.77. The largest absolute Gasteiger partial charge is 0.379 e. The zero-order valence-electron chi connectivity index (χ0n) is 17.1. The molecular formula is C22H27N3O4S. The number of carbonyl (C=O) groups is 2. The van der Waals surface area contributed by atoms with Crippen molar-refractivity contribution >= 4 is 28.3 Å². The maximum absolute atomic E-state index is 12.3. The number of nitrogens with zero attached hydrogens (tertiary/aromatic N) is 1. The van der Waals surface area contributed by atoms with Crippen molar-refractivity contribution in [1.82, 2.24) is 10.2 Å². The topological polar surface area (TPSA) is 87.7 Å². The highest BCUT2D eigenvalue weighted by atomic mass is 32.2. The van der Waals surface area contributed by atoms with Gasteiger partial charge in [0.05, 0.1) is 13.2 Å². The van der Waals surface area contributed by atoms with Gasteiger partial charge in [-0.15, -0.1) is 0 Å². The molecule has 160 valence electrons. The quantitative estimate of drug-likeness (QED) is 0.670. The molecule has 1 atom stereocenters. The first-order chi connectivity index (χ1) is 14.5. The summed E-state index contributed by atoms with van der Waals surface area (Å²) in [6.45, 7) is 4.23. The van der Waals surface area contributed by atoms with Gasteiger partial charge in [-0.1, -0.05) is 12.1 Å². The van der Waals surface area contributed by atoms with Crippen LogP contribution in [0.5, 0.6) is 0 Å². The van der Waals surface area contributed by atoms with Crippen LogP contribution in [-0.4, -0.2) is 60.0 Å². The normalized spacial score (nSPS) is 15.4. The second kappa shape index (κ2) is 11.0. The lowest BCUT2D eigenvalue weighted by Gasteiger charge is -2.26. The van der Waals surface area contributed by atoms with E-state index < -0.39 is 10.8 Å². The molecule has 7 nitrogen and oxygen atoms in total. The molecule has 0 spiro atoms. The van der Waals surface area contributed by atoms with Crippen molar-refractivity contribution < 1.29 is 18.5 Å². The molecule has 8 heteroatoms. The van der Waals surface area contributed by atoms with Crippen molar-refractivity contribution in [2.45, 2.75) is 17.9 Å². The van der Waals surface area contributed by atoms with Crippen LogP contribution in [0.1, 0.15) is 22.3 Å². The molecule has 0 radical (unpaired) electrons. The smallest absolute Gasteiger partial charge is 0.251 e. The van der Waals surface area contributed by atoms with Crippen LogP contribution in [0.25, 0.3) is 0 Å². The molecule has 2 N–H and O–H groups in total. The summed E-state index contributed by atoms with van der Waals surface area (Å²) in [6.07, 6.45) is 2.03. The van der Waals surface area contributed by atoms with Gasteiger partial charge in [-0.3, -0.25) is 18.7 Å². The molecule has 1 unspecified atom stereocenters. The fourth-order valence-corrected chi connectivity index (χ4v) is 3.67. The van der Waals surface area contributed by atoms with Gasteiger partial charge >= 0.3 is 0 Å². The summed E-state index contributed by atoms with van der Waals surface area (Å²) < 4.78 is 16.8. The van der Waals surface area contributed by atoms with Gasteiger partial charge in [0.2, 0.25) is 5.91 Å². The Bertz CT molecular complexity index is 896. The van der Waals surface area contributed by atoms with Gasteiger partial charge in [-0.2, -0.15) is 0 Å². The van der Waals surface area contributed by atoms with Crippen molar-refractivity contribution in [3.63, 3.8) is 0 Å². The van der Waals surface area contributed by atoms with E-state index in [2.05, 4.69) is 15.5 Å². The van der Waals surface area contributed by atoms with Crippen molar-refractivity contribution in [2.24, 2.45) is 0 Å². The first-order valence-corrected chi connectivity index (χ1v) is 11.5. The monoisotopic (exact) mass is 429 g/mol. The van der Waals surface area contributed by atoms with Crippen LogP contribution in [0, 0.1) is 0 Å². The second-order valence-electron chi connectivity index (χ2n) is 7.11. The summed E-state index contributed by atoms with van der Waals surface area (Å²) in [7, 11) is -1.07. The summed E-state index contributed by atoms with van der Waals surface area (Å²) in [5, 5.41) is 5.79. The number of amides is 2. The van der Waals surface area contributed by atoms with Crippen molar-refractivity contribution in [3.8, 4) is 0 Å². The Morgan fingerprint density at radius 1 is 1.10 bits per heavy atom. The number of hydrogen-bond donors (Lipinski definition) is 2. The van der Waals surface area contributed by atoms with E-state index in [0.29, 0.717) is 29.1 Å². The Morgan fingerprint density at radius 2 is 1.83 bits per heavy atom. The fraction of sp³-hybridized carbons (Fsp3) is 0.364. The number of nitrogens with one attached hydrogen (secondary N) is 2. The molecule has 2 aromatic rings. The van der Waals surface area contributed by atoms with Crippen molar-refractivity contribution in [3.05, 3.63) is 59.7 Å². The van der Waals surface area contributed by atoms with Gasteiger partial charge in [0.25, 0.3) is 5.91 Å². The minimum atomic E-state index is -1.07. The van der Waals surface area contributed by atoms with E-state index >= 15 is 0 Å². The Hall–Kier alpha value is -2.55. The van der Waals surface area contributed by atoms with Gasteiger partial charge in [-0.05, 0) is 42.0 Å². The number of rotatable bonds is 8. The van der Waals surface area contributed by atoms with Gasteiger partial charge in [-0.25, -0.2) is 0 Å². The minimum absolute atomic E-state index is 0.0314. The lowest BCUT2D eigenvalue weighted by atomic mass is 10.1. The highest BCUT2D eigenvalue weighted by molar-refractivity contribution is 7.84. The van der Waals surface area contributed by atoms with E-state index in [0.717, 1.165) is 38.4 Å². The SMILES string of the molecule is CS(=O)c1ccc(C(=O)NCc2cccc(NC(=O)CCN3CCOCC3)c2)cc1. The van der Waals surface area contributed by atoms with Crippen molar-refractivity contribution in [2.75, 3.05) is 44.4 Å². The van der Waals surface area contributed by atoms with Crippen LogP contribution >= 0.6 is 0 Å². The predicted molar refractivity (Wildman–Crippen MR) is 117 cm³/mol. The third-order valence-corrected chi connectivity index (χ3v) is 5.81. The molecule has 1 heterocycles. The zero-order chi connectivity index (χ0) is 21.3. The third-order valence-electron chi connectivity index (χ3n) is 4.87. The standard InChI is InChI=1S/C22H27N3O4S/c1-30(28)20-7-5-18(6-8-20)22(27)23-16-17-3-2-4-19(15-17)24-21(26)9-10-25-11-13-29-14-12-25/h2-8,15H,9-14,16H2,1H3,(H,23,27)(H,24,26). The Morgan fingerprint density at radius 3 is 2.53 bits per heavy atom. The first kappa shape index (κ1) is 22.1. The van der Waals surface area contributed by atoms with E-state index in [4.69, 9.17) is 4.74 Å². The zero-order valence-corrected chi connectivity index (χ0v) is 17.9. The molecule has 0 aromatic heterocycles. The lowest BCUT2D eigenvalue weighted by molar-refractivity contribution is -0.116. The Balaban J connectivity index is 1.47. The summed E-state index contributed by atoms with van der Waals surface area (Å²) in [5.41, 5.74) is 2.11. The highest BCUT2D eigenvalue weighted by Gasteiger charge is 2.12. The molecule has 1 fully saturated rings. The summed E-state index contributed by atoms with van der Waals surface area (Å²) in [5.74, 6) is -0.237. The molecule has 2 aromatic carbocycles. The first-order valence-electron chi connectivity index (χ1n) is 9.92. The maximum atomic E-state index is 12.3. The number of anilines is 1. The van der Waals surface area contributed by atoms with Crippen LogP contribution in [-0.2, 0) is 26.9 Å². The van der Waals surface area contributed by atoms with E-state index in [1.165, 1.54) is 0 Å². The van der Waals surface area contributed by atoms with Crippen LogP contribution < -0.4 is 10.6 Å². The van der Waals surface area contributed by atoms with Crippen LogP contribution in [0.2, 0.25) is 0 Å². The molecule has 3 rings (SSSR count). The number of ether oxygens (including phenoxy) is 1. The molecule has 2 amide bonds. The van der Waals surface area contributed by atoms with E-state index in [1.807, 2.05) is 24.3 Å². The van der Waals surface area contributed by atoms with Gasteiger partial charge in [0, 0.05) is 65.8 Å². The number of hydrogen-bond acceptors (Lipinski definition) is 5. The number of carbonyl (C=O) groups excluding carboxylic acids is 2. The molecule has 1 saturated heterocycles. The Kier molecular flexibility index (Phi) is 8.12. The Labute approximate surface area is 179 Å². The van der Waals surface area contributed by atoms with E-state index in [9.17, 15) is 13.8 Å². The maximum Gasteiger partial charge on any atom is 0.251 e. The molecule has 0 aliphatic carbocycles. The van der Waals surface area contributed by atoms with E-state index in [-0.39, 0.29) is 11.8 Å². The molecule has 1 aliphatic heterocycles. The molecule has 30 heavy (non-hydrogen) atoms. The summed E-state index contributed by atoms with van der Waals surface area (Å²) in [4.78, 5) is 27.5. The summed E-state index contributed by atoms with van der Waals surface area (Å²) in [6, 6.07) is 14.2. The molecule has 0 saturated carbocycles. The van der Waals surface area contributed by atoms with Crippen LogP contribution in [0.4, 0.5) is 5.69 Å². The average molecular weight is 430 g/mol. The highest BCUT2D eigenvalue weighted by Crippen LogP contribution is 2.12. The minimum Gasteiger partial charge on any atom is -0.379 e. The van der Waals surface area contributed by atoms with Crippen LogP contribution in [0.15, 0.2) is 53.4 Å². The lowest BCUT2D eigenvalue weighted by Crippen LogP contribution is -2.38. The molecule has 0 bridgehead atoms. The van der Waals surface area contributed by atoms with Crippen LogP contribution in [0.3, 0.4) is 0 Å². The van der Waals surface area contributed by atoms with Gasteiger partial charge in [0.1, 0.15) is 0 Å². The third kappa shape index (κ3) is 6.76. The number of morpholine rings is 1. The van der Waals surface area contributed by atoms with Gasteiger partial charge in [0.15, 0.2) is 0 Å². The second-order valence-corrected chi connectivity index (χ2v) is 8.49. The predicted octanol–water partition coefficient (Wildman–Crippen LogP) is 2.01. The number of benzene rings is 2. The van der Waals surface area contributed by atoms with Gasteiger partial charge < -0.3 is 15.4 Å². The summed E-state index contributed by atoms with van der Waals surface area (Å²) >= 11 is 0. The molecule has 1 aliphatic rings. The van der Waals surface area contributed by atoms with Crippen molar-refractivity contribution in [1.29, 1.82) is 0 Å². The fourth-order valence-electron chi connectivity index (χ4n) is 3.15. The van der Waals surface area contributed by atoms with E-state index in [1.54, 1.807) is 30.5 Å². The molecular weight excluding hydrogens is 402 g/mol.